The maximum Gasteiger partial charge on any atom is 0.163 e. The van der Waals surface area contributed by atoms with Crippen LogP contribution in [0.5, 0.6) is 5.75 Å². The second-order valence-electron chi connectivity index (χ2n) is 5.24. The number of carbonyl (C=O) groups excluding carboxylic acids is 2. The molecule has 1 unspecified atom stereocenters. The number of rotatable bonds is 6. The van der Waals surface area contributed by atoms with Gasteiger partial charge in [-0.2, -0.15) is 0 Å². The molecule has 1 heterocycles. The van der Waals surface area contributed by atoms with E-state index in [0.29, 0.717) is 17.9 Å². The third-order valence-electron chi connectivity index (χ3n) is 3.67. The molecule has 1 atom stereocenters. The molecule has 1 aliphatic heterocycles. The van der Waals surface area contributed by atoms with Crippen LogP contribution in [0.25, 0.3) is 0 Å². The van der Waals surface area contributed by atoms with Crippen LogP contribution in [0, 0.1) is 5.92 Å². The van der Waals surface area contributed by atoms with Crippen LogP contribution in [0.2, 0.25) is 0 Å². The van der Waals surface area contributed by atoms with Gasteiger partial charge >= 0.3 is 0 Å². The van der Waals surface area contributed by atoms with Crippen molar-refractivity contribution in [2.75, 3.05) is 26.2 Å². The van der Waals surface area contributed by atoms with Crippen molar-refractivity contribution in [3.8, 4) is 5.75 Å². The van der Waals surface area contributed by atoms with E-state index in [1.165, 1.54) is 0 Å². The second-order valence-corrected chi connectivity index (χ2v) is 5.24. The highest BCUT2D eigenvalue weighted by atomic mass is 16.5. The lowest BCUT2D eigenvalue weighted by Crippen LogP contribution is -2.38. The first-order valence-corrected chi connectivity index (χ1v) is 7.11. The molecule has 1 aromatic rings. The zero-order chi connectivity index (χ0) is 14.4. The Morgan fingerprint density at radius 1 is 1.45 bits per heavy atom. The van der Waals surface area contributed by atoms with E-state index in [4.69, 9.17) is 4.74 Å². The second kappa shape index (κ2) is 7.20. The number of piperidine rings is 1. The number of para-hydroxylation sites is 1. The van der Waals surface area contributed by atoms with Gasteiger partial charge in [0, 0.05) is 19.0 Å². The predicted octanol–water partition coefficient (Wildman–Crippen LogP) is 2.18. The van der Waals surface area contributed by atoms with E-state index in [-0.39, 0.29) is 11.7 Å². The van der Waals surface area contributed by atoms with Gasteiger partial charge in [-0.05, 0) is 38.4 Å². The smallest absolute Gasteiger partial charge is 0.163 e. The first-order valence-electron chi connectivity index (χ1n) is 7.11. The summed E-state index contributed by atoms with van der Waals surface area (Å²) in [6.45, 7) is 4.71. The number of likely N-dealkylation sites (tertiary alicyclic amines) is 1. The average Bonchev–Trinajstić information content (AvgIpc) is 2.48. The van der Waals surface area contributed by atoms with Gasteiger partial charge in [0.25, 0.3) is 0 Å². The van der Waals surface area contributed by atoms with Crippen molar-refractivity contribution >= 4 is 12.1 Å². The largest absolute Gasteiger partial charge is 0.491 e. The van der Waals surface area contributed by atoms with Crippen molar-refractivity contribution in [2.45, 2.75) is 19.8 Å². The summed E-state index contributed by atoms with van der Waals surface area (Å²) < 4.78 is 5.72. The lowest BCUT2D eigenvalue weighted by Gasteiger charge is -2.29. The molecule has 0 saturated carbocycles. The number of hydrogen-bond acceptors (Lipinski definition) is 4. The van der Waals surface area contributed by atoms with Crippen LogP contribution < -0.4 is 4.74 Å². The fraction of sp³-hybridized carbons (Fsp3) is 0.500. The highest BCUT2D eigenvalue weighted by Gasteiger charge is 2.19. The summed E-state index contributed by atoms with van der Waals surface area (Å²) in [5.41, 5.74) is 0.622. The fourth-order valence-corrected chi connectivity index (χ4v) is 2.57. The molecule has 108 valence electrons. The molecule has 0 spiro atoms. The number of hydrogen-bond donors (Lipinski definition) is 0. The molecule has 1 aliphatic rings. The van der Waals surface area contributed by atoms with Crippen molar-refractivity contribution in [1.29, 1.82) is 0 Å². The van der Waals surface area contributed by atoms with Crippen LogP contribution in [0.4, 0.5) is 0 Å². The number of carbonyl (C=O) groups is 2. The summed E-state index contributed by atoms with van der Waals surface area (Å²) in [5.74, 6) is 0.816. The van der Waals surface area contributed by atoms with Crippen LogP contribution >= 0.6 is 0 Å². The minimum atomic E-state index is 0.0135. The summed E-state index contributed by atoms with van der Waals surface area (Å²) in [6.07, 6.45) is 3.11. The Morgan fingerprint density at radius 2 is 2.25 bits per heavy atom. The van der Waals surface area contributed by atoms with E-state index in [2.05, 4.69) is 4.90 Å². The van der Waals surface area contributed by atoms with E-state index in [1.807, 2.05) is 18.2 Å². The maximum absolute atomic E-state index is 11.5. The van der Waals surface area contributed by atoms with Gasteiger partial charge in [0.05, 0.1) is 5.56 Å². The summed E-state index contributed by atoms with van der Waals surface area (Å²) in [7, 11) is 0. The predicted molar refractivity (Wildman–Crippen MR) is 77.2 cm³/mol. The molecular weight excluding hydrogens is 254 g/mol. The van der Waals surface area contributed by atoms with Gasteiger partial charge in [0.15, 0.2) is 5.78 Å². The Bertz CT molecular complexity index is 473. The Balaban J connectivity index is 1.84. The highest BCUT2D eigenvalue weighted by Crippen LogP contribution is 2.19. The van der Waals surface area contributed by atoms with E-state index in [9.17, 15) is 9.59 Å². The number of nitrogens with zero attached hydrogens (tertiary/aromatic N) is 1. The van der Waals surface area contributed by atoms with Crippen LogP contribution in [0.3, 0.4) is 0 Å². The van der Waals surface area contributed by atoms with Gasteiger partial charge in [0.2, 0.25) is 0 Å². The summed E-state index contributed by atoms with van der Waals surface area (Å²) in [5, 5.41) is 0. The Morgan fingerprint density at radius 3 is 3.00 bits per heavy atom. The minimum absolute atomic E-state index is 0.0135. The van der Waals surface area contributed by atoms with E-state index in [1.54, 1.807) is 13.0 Å². The fourth-order valence-electron chi connectivity index (χ4n) is 2.57. The van der Waals surface area contributed by atoms with Crippen molar-refractivity contribution in [3.05, 3.63) is 29.8 Å². The van der Waals surface area contributed by atoms with E-state index < -0.39 is 0 Å². The van der Waals surface area contributed by atoms with E-state index >= 15 is 0 Å². The van der Waals surface area contributed by atoms with Crippen LogP contribution in [0.1, 0.15) is 30.1 Å². The highest BCUT2D eigenvalue weighted by molar-refractivity contribution is 5.96. The van der Waals surface area contributed by atoms with E-state index in [0.717, 1.165) is 38.8 Å². The SMILES string of the molecule is CC(=O)c1ccccc1OCCN1CCCC(C=O)C1. The van der Waals surface area contributed by atoms with Crippen molar-refractivity contribution in [2.24, 2.45) is 5.92 Å². The monoisotopic (exact) mass is 275 g/mol. The number of ketones is 1. The molecule has 0 aromatic heterocycles. The normalized spacial score (nSPS) is 19.6. The van der Waals surface area contributed by atoms with Gasteiger partial charge in [-0.3, -0.25) is 9.69 Å². The van der Waals surface area contributed by atoms with Gasteiger partial charge in [-0.25, -0.2) is 0 Å². The molecule has 4 heteroatoms. The third-order valence-corrected chi connectivity index (χ3v) is 3.67. The molecule has 1 aromatic carbocycles. The Labute approximate surface area is 119 Å². The van der Waals surface area contributed by atoms with Crippen LogP contribution in [-0.4, -0.2) is 43.2 Å². The van der Waals surface area contributed by atoms with Crippen molar-refractivity contribution < 1.29 is 14.3 Å². The van der Waals surface area contributed by atoms with Crippen molar-refractivity contribution in [1.82, 2.24) is 4.90 Å². The molecule has 1 saturated heterocycles. The Kier molecular flexibility index (Phi) is 5.30. The molecule has 20 heavy (non-hydrogen) atoms. The maximum atomic E-state index is 11.5. The molecule has 4 nitrogen and oxygen atoms in total. The molecule has 1 fully saturated rings. The van der Waals surface area contributed by atoms with Crippen LogP contribution in [0.15, 0.2) is 24.3 Å². The molecule has 0 aliphatic carbocycles. The van der Waals surface area contributed by atoms with Gasteiger partial charge in [-0.1, -0.05) is 12.1 Å². The number of aldehydes is 1. The van der Waals surface area contributed by atoms with Gasteiger partial charge in [-0.15, -0.1) is 0 Å². The zero-order valence-corrected chi connectivity index (χ0v) is 11.9. The zero-order valence-electron chi connectivity index (χ0n) is 11.9. The topological polar surface area (TPSA) is 46.6 Å². The van der Waals surface area contributed by atoms with Crippen LogP contribution in [-0.2, 0) is 4.79 Å². The molecule has 0 bridgehead atoms. The molecule has 0 amide bonds. The van der Waals surface area contributed by atoms with Gasteiger partial charge < -0.3 is 9.53 Å². The minimum Gasteiger partial charge on any atom is -0.491 e. The average molecular weight is 275 g/mol. The molecule has 0 N–H and O–H groups in total. The lowest BCUT2D eigenvalue weighted by molar-refractivity contribution is -0.112. The quantitative estimate of drug-likeness (QED) is 0.590. The molecular formula is C16H21NO3. The first kappa shape index (κ1) is 14.7. The standard InChI is InChI=1S/C16H21NO3/c1-13(19)15-6-2-3-7-16(15)20-10-9-17-8-4-5-14(11-17)12-18/h2-3,6-7,12,14H,4-5,8-11H2,1H3. The van der Waals surface area contributed by atoms with Crippen molar-refractivity contribution in [3.63, 3.8) is 0 Å². The third kappa shape index (κ3) is 3.90. The molecule has 2 rings (SSSR count). The lowest BCUT2D eigenvalue weighted by atomic mass is 10.00. The first-order chi connectivity index (χ1) is 9.70. The summed E-state index contributed by atoms with van der Waals surface area (Å²) in [6, 6.07) is 7.30. The number of Topliss-reactive ketones (excluding diaryl/α,β-unsaturated/α-hetero) is 1. The van der Waals surface area contributed by atoms with Gasteiger partial charge in [0.1, 0.15) is 18.6 Å². The number of benzene rings is 1. The Hall–Kier alpha value is -1.68. The number of ether oxygens (including phenoxy) is 1. The molecule has 0 radical (unpaired) electrons. The summed E-state index contributed by atoms with van der Waals surface area (Å²) in [4.78, 5) is 24.6. The summed E-state index contributed by atoms with van der Waals surface area (Å²) >= 11 is 0.